The molecule has 9 heteroatoms. The van der Waals surface area contributed by atoms with Crippen LogP contribution in [0.15, 0.2) is 53.3 Å². The van der Waals surface area contributed by atoms with E-state index < -0.39 is 0 Å². The zero-order valence-corrected chi connectivity index (χ0v) is 20.1. The topological polar surface area (TPSA) is 82.0 Å². The molecule has 0 aliphatic carbocycles. The van der Waals surface area contributed by atoms with Gasteiger partial charge in [0.2, 0.25) is 0 Å². The number of nitrogens with zero attached hydrogens (tertiary/aromatic N) is 2. The molecule has 36 heavy (non-hydrogen) atoms. The quantitative estimate of drug-likeness (QED) is 0.569. The second-order valence-corrected chi connectivity index (χ2v) is 8.84. The number of nitrogens with one attached hydrogen (secondary N) is 1. The van der Waals surface area contributed by atoms with E-state index in [9.17, 15) is 14.0 Å². The summed E-state index contributed by atoms with van der Waals surface area (Å²) in [4.78, 5) is 28.4. The van der Waals surface area contributed by atoms with Crippen LogP contribution in [-0.4, -0.2) is 48.8 Å². The van der Waals surface area contributed by atoms with E-state index in [4.69, 9.17) is 14.2 Å². The molecule has 0 unspecified atom stereocenters. The van der Waals surface area contributed by atoms with Gasteiger partial charge in [-0.1, -0.05) is 18.2 Å². The van der Waals surface area contributed by atoms with Gasteiger partial charge in [-0.25, -0.2) is 4.39 Å². The lowest BCUT2D eigenvalue weighted by Gasteiger charge is -2.22. The highest BCUT2D eigenvalue weighted by atomic mass is 19.1. The van der Waals surface area contributed by atoms with E-state index in [0.29, 0.717) is 62.6 Å². The Morgan fingerprint density at radius 1 is 1.03 bits per heavy atom. The van der Waals surface area contributed by atoms with Crippen molar-refractivity contribution in [2.75, 3.05) is 33.4 Å². The third kappa shape index (κ3) is 5.06. The Kier molecular flexibility index (Phi) is 6.90. The first kappa shape index (κ1) is 23.9. The lowest BCUT2D eigenvalue weighted by molar-refractivity contribution is 0.0945. The molecule has 0 bridgehead atoms. The van der Waals surface area contributed by atoms with Gasteiger partial charge in [-0.05, 0) is 35.4 Å². The first-order chi connectivity index (χ1) is 17.5. The highest BCUT2D eigenvalue weighted by Gasteiger charge is 2.25. The van der Waals surface area contributed by atoms with Crippen molar-refractivity contribution in [1.29, 1.82) is 0 Å². The fourth-order valence-corrected chi connectivity index (χ4v) is 4.72. The van der Waals surface area contributed by atoms with Crippen LogP contribution in [-0.2, 0) is 26.1 Å². The number of methoxy groups -OCH3 is 1. The van der Waals surface area contributed by atoms with Gasteiger partial charge in [0.05, 0.1) is 7.11 Å². The van der Waals surface area contributed by atoms with Crippen LogP contribution < -0.4 is 25.1 Å². The van der Waals surface area contributed by atoms with Crippen molar-refractivity contribution in [1.82, 2.24) is 14.8 Å². The van der Waals surface area contributed by atoms with Crippen LogP contribution in [0.25, 0.3) is 0 Å². The Hall–Kier alpha value is -3.85. The Bertz CT molecular complexity index is 1340. The monoisotopic (exact) mass is 493 g/mol. The molecule has 0 saturated heterocycles. The molecule has 3 aromatic rings. The minimum absolute atomic E-state index is 0.161. The van der Waals surface area contributed by atoms with E-state index in [2.05, 4.69) is 10.2 Å². The van der Waals surface area contributed by atoms with Crippen LogP contribution >= 0.6 is 0 Å². The van der Waals surface area contributed by atoms with Gasteiger partial charge < -0.3 is 24.1 Å². The number of halogens is 1. The third-order valence-electron chi connectivity index (χ3n) is 6.49. The predicted octanol–water partition coefficient (Wildman–Crippen LogP) is 2.76. The first-order valence-corrected chi connectivity index (χ1v) is 12.0. The normalized spacial score (nSPS) is 15.1. The van der Waals surface area contributed by atoms with E-state index in [-0.39, 0.29) is 29.6 Å². The second kappa shape index (κ2) is 10.4. The molecule has 0 fully saturated rings. The maximum absolute atomic E-state index is 13.5. The third-order valence-corrected chi connectivity index (χ3v) is 6.49. The van der Waals surface area contributed by atoms with Crippen LogP contribution in [0.4, 0.5) is 4.39 Å². The molecule has 0 radical (unpaired) electrons. The van der Waals surface area contributed by atoms with Gasteiger partial charge >= 0.3 is 0 Å². The summed E-state index contributed by atoms with van der Waals surface area (Å²) in [5.41, 5.74) is 2.51. The van der Waals surface area contributed by atoms with E-state index in [0.717, 1.165) is 17.1 Å². The molecule has 3 heterocycles. The van der Waals surface area contributed by atoms with Crippen molar-refractivity contribution in [3.63, 3.8) is 0 Å². The van der Waals surface area contributed by atoms with Gasteiger partial charge in [0.25, 0.3) is 11.5 Å². The Balaban J connectivity index is 1.35. The lowest BCUT2D eigenvalue weighted by atomic mass is 10.1. The maximum Gasteiger partial charge on any atom is 0.257 e. The van der Waals surface area contributed by atoms with Crippen molar-refractivity contribution in [3.05, 3.63) is 87.1 Å². The number of carbonyl (C=O) groups excluding carboxylic acids is 1. The standard InChI is InChI=1S/C27H28FN3O5/c1-34-24-15-25(32)31-10-9-30(17-19-5-6-22-23(14-19)36-12-11-35-22)8-7-21(31)26(24)27(33)29-16-18-3-2-4-20(28)13-18/h2-6,13-15H,7-12,16-17H2,1H3,(H,29,33). The molecule has 0 saturated carbocycles. The van der Waals surface area contributed by atoms with E-state index in [1.165, 1.54) is 25.3 Å². The van der Waals surface area contributed by atoms with Crippen LogP contribution in [0.3, 0.4) is 0 Å². The average molecular weight is 494 g/mol. The van der Waals surface area contributed by atoms with Crippen LogP contribution in [0.2, 0.25) is 0 Å². The highest BCUT2D eigenvalue weighted by Crippen LogP contribution is 2.31. The summed E-state index contributed by atoms with van der Waals surface area (Å²) in [6.45, 7) is 3.68. The van der Waals surface area contributed by atoms with Crippen LogP contribution in [0, 0.1) is 5.82 Å². The van der Waals surface area contributed by atoms with Crippen molar-refractivity contribution in [2.24, 2.45) is 0 Å². The summed E-state index contributed by atoms with van der Waals surface area (Å²) in [5.74, 6) is 1.01. The number of hydrogen-bond donors (Lipinski definition) is 1. The van der Waals surface area contributed by atoms with Crippen LogP contribution in [0.5, 0.6) is 17.2 Å². The van der Waals surface area contributed by atoms with Crippen molar-refractivity contribution < 1.29 is 23.4 Å². The molecule has 1 amide bonds. The zero-order valence-electron chi connectivity index (χ0n) is 20.1. The number of ether oxygens (including phenoxy) is 3. The number of pyridine rings is 1. The van der Waals surface area contributed by atoms with Gasteiger partial charge in [-0.15, -0.1) is 0 Å². The lowest BCUT2D eigenvalue weighted by Crippen LogP contribution is -2.31. The minimum atomic E-state index is -0.363. The van der Waals surface area contributed by atoms with Crippen LogP contribution in [0.1, 0.15) is 27.2 Å². The Labute approximate surface area is 208 Å². The summed E-state index contributed by atoms with van der Waals surface area (Å²) in [6.07, 6.45) is 0.500. The van der Waals surface area contributed by atoms with Crippen molar-refractivity contribution >= 4 is 5.91 Å². The molecule has 1 N–H and O–H groups in total. The molecular formula is C27H28FN3O5. The number of aromatic nitrogens is 1. The van der Waals surface area contributed by atoms with Gasteiger partial charge in [0, 0.05) is 50.9 Å². The molecule has 0 atom stereocenters. The van der Waals surface area contributed by atoms with E-state index >= 15 is 0 Å². The summed E-state index contributed by atoms with van der Waals surface area (Å²) >= 11 is 0. The first-order valence-electron chi connectivity index (χ1n) is 12.0. The highest BCUT2D eigenvalue weighted by molar-refractivity contribution is 5.98. The number of hydrogen-bond acceptors (Lipinski definition) is 6. The summed E-state index contributed by atoms with van der Waals surface area (Å²) in [7, 11) is 1.44. The largest absolute Gasteiger partial charge is 0.496 e. The van der Waals surface area contributed by atoms with Gasteiger partial charge in [-0.3, -0.25) is 14.5 Å². The van der Waals surface area contributed by atoms with Crippen molar-refractivity contribution in [3.8, 4) is 17.2 Å². The van der Waals surface area contributed by atoms with E-state index in [1.807, 2.05) is 18.2 Å². The summed E-state index contributed by atoms with van der Waals surface area (Å²) in [6, 6.07) is 13.4. The number of benzene rings is 2. The van der Waals surface area contributed by atoms with Gasteiger partial charge in [-0.2, -0.15) is 0 Å². The number of rotatable bonds is 6. The molecule has 2 aliphatic rings. The summed E-state index contributed by atoms with van der Waals surface area (Å²) in [5, 5.41) is 2.85. The van der Waals surface area contributed by atoms with Gasteiger partial charge in [0.15, 0.2) is 11.5 Å². The molecule has 0 spiro atoms. The number of amides is 1. The van der Waals surface area contributed by atoms with Crippen molar-refractivity contribution in [2.45, 2.75) is 26.1 Å². The maximum atomic E-state index is 13.5. The minimum Gasteiger partial charge on any atom is -0.496 e. The van der Waals surface area contributed by atoms with Gasteiger partial charge in [0.1, 0.15) is 30.3 Å². The number of carbonyl (C=O) groups is 1. The fourth-order valence-electron chi connectivity index (χ4n) is 4.72. The molecule has 1 aromatic heterocycles. The molecule has 5 rings (SSSR count). The Morgan fingerprint density at radius 2 is 1.86 bits per heavy atom. The summed E-state index contributed by atoms with van der Waals surface area (Å²) < 4.78 is 31.9. The average Bonchev–Trinajstić information content (AvgIpc) is 3.10. The second-order valence-electron chi connectivity index (χ2n) is 8.84. The molecule has 2 aliphatic heterocycles. The molecular weight excluding hydrogens is 465 g/mol. The molecule has 188 valence electrons. The number of fused-ring (bicyclic) bond motifs is 2. The predicted molar refractivity (Wildman–Crippen MR) is 131 cm³/mol. The fraction of sp³-hybridized carbons (Fsp3) is 0.333. The smallest absolute Gasteiger partial charge is 0.257 e. The van der Waals surface area contributed by atoms with E-state index in [1.54, 1.807) is 16.7 Å². The SMILES string of the molecule is COc1cc(=O)n2c(c1C(=O)NCc1cccc(F)c1)CCN(Cc1ccc3c(c1)OCCO3)CC2. The molecule has 8 nitrogen and oxygen atoms in total. The zero-order chi connectivity index (χ0) is 25.1. The Morgan fingerprint density at radius 3 is 2.67 bits per heavy atom. The molecule has 2 aromatic carbocycles.